The zero-order chi connectivity index (χ0) is 10.6. The SMILES string of the molecule is OCC1(NC2CCCCC2)CCSCC1. The summed E-state index contributed by atoms with van der Waals surface area (Å²) in [6.45, 7) is 0.323. The molecule has 2 N–H and O–H groups in total. The molecule has 2 nitrogen and oxygen atoms in total. The molecule has 0 aromatic carbocycles. The van der Waals surface area contributed by atoms with Crippen molar-refractivity contribution >= 4 is 11.8 Å². The lowest BCUT2D eigenvalue weighted by atomic mass is 9.88. The highest BCUT2D eigenvalue weighted by Gasteiger charge is 2.33. The number of aliphatic hydroxyl groups is 1. The summed E-state index contributed by atoms with van der Waals surface area (Å²) in [6, 6.07) is 0.675. The van der Waals surface area contributed by atoms with Crippen molar-refractivity contribution in [3.63, 3.8) is 0 Å². The lowest BCUT2D eigenvalue weighted by Crippen LogP contribution is -2.55. The summed E-state index contributed by atoms with van der Waals surface area (Å²) in [7, 11) is 0. The van der Waals surface area contributed by atoms with Crippen LogP contribution in [0, 0.1) is 0 Å². The van der Waals surface area contributed by atoms with Crippen molar-refractivity contribution in [3.8, 4) is 0 Å². The number of hydrogen-bond acceptors (Lipinski definition) is 3. The Hall–Kier alpha value is 0.270. The predicted molar refractivity (Wildman–Crippen MR) is 66.4 cm³/mol. The molecule has 2 aliphatic rings. The van der Waals surface area contributed by atoms with E-state index in [-0.39, 0.29) is 5.54 Å². The van der Waals surface area contributed by atoms with Crippen LogP contribution in [0.4, 0.5) is 0 Å². The number of rotatable bonds is 3. The van der Waals surface area contributed by atoms with Crippen molar-refractivity contribution in [2.75, 3.05) is 18.1 Å². The van der Waals surface area contributed by atoms with Crippen molar-refractivity contribution in [3.05, 3.63) is 0 Å². The number of nitrogens with one attached hydrogen (secondary N) is 1. The van der Waals surface area contributed by atoms with Gasteiger partial charge in [-0.25, -0.2) is 0 Å². The zero-order valence-corrected chi connectivity index (χ0v) is 10.3. The van der Waals surface area contributed by atoms with Crippen LogP contribution in [0.15, 0.2) is 0 Å². The van der Waals surface area contributed by atoms with Gasteiger partial charge in [0.25, 0.3) is 0 Å². The normalized spacial score (nSPS) is 27.8. The highest BCUT2D eigenvalue weighted by Crippen LogP contribution is 2.29. The Labute approximate surface area is 97.2 Å². The van der Waals surface area contributed by atoms with Crippen molar-refractivity contribution in [2.24, 2.45) is 0 Å². The Morgan fingerprint density at radius 3 is 2.40 bits per heavy atom. The average Bonchev–Trinajstić information content (AvgIpc) is 2.32. The van der Waals surface area contributed by atoms with Crippen molar-refractivity contribution < 1.29 is 5.11 Å². The summed E-state index contributed by atoms with van der Waals surface area (Å²) in [5.74, 6) is 2.42. The van der Waals surface area contributed by atoms with Gasteiger partial charge < -0.3 is 10.4 Å². The Morgan fingerprint density at radius 2 is 1.80 bits per heavy atom. The van der Waals surface area contributed by atoms with Crippen LogP contribution in [0.5, 0.6) is 0 Å². The zero-order valence-electron chi connectivity index (χ0n) is 9.50. The minimum atomic E-state index is 0.0628. The standard InChI is InChI=1S/C12H23NOS/c14-10-12(6-8-15-9-7-12)13-11-4-2-1-3-5-11/h11,13-14H,1-10H2. The smallest absolute Gasteiger partial charge is 0.0614 e. The Balaban J connectivity index is 1.87. The van der Waals surface area contributed by atoms with E-state index in [0.717, 1.165) is 12.8 Å². The third-order valence-corrected chi connectivity index (χ3v) is 4.85. The van der Waals surface area contributed by atoms with Crippen LogP contribution < -0.4 is 5.32 Å². The van der Waals surface area contributed by atoms with E-state index < -0.39 is 0 Å². The summed E-state index contributed by atoms with van der Waals surface area (Å²) in [4.78, 5) is 0. The van der Waals surface area contributed by atoms with E-state index in [2.05, 4.69) is 5.32 Å². The molecule has 1 saturated carbocycles. The predicted octanol–water partition coefficient (Wildman–Crippen LogP) is 2.17. The van der Waals surface area contributed by atoms with Gasteiger partial charge in [-0.3, -0.25) is 0 Å². The first-order chi connectivity index (χ1) is 7.35. The molecule has 1 aliphatic heterocycles. The van der Waals surface area contributed by atoms with Crippen molar-refractivity contribution in [2.45, 2.75) is 56.5 Å². The number of aliphatic hydroxyl groups excluding tert-OH is 1. The van der Waals surface area contributed by atoms with Crippen LogP contribution in [0.25, 0.3) is 0 Å². The lowest BCUT2D eigenvalue weighted by molar-refractivity contribution is 0.128. The molecule has 2 rings (SSSR count). The average molecular weight is 229 g/mol. The van der Waals surface area contributed by atoms with Gasteiger partial charge in [0.1, 0.15) is 0 Å². The van der Waals surface area contributed by atoms with Crippen LogP contribution in [0.2, 0.25) is 0 Å². The van der Waals surface area contributed by atoms with E-state index in [0.29, 0.717) is 12.6 Å². The Morgan fingerprint density at radius 1 is 1.13 bits per heavy atom. The molecule has 0 spiro atoms. The summed E-state index contributed by atoms with van der Waals surface area (Å²) in [6.07, 6.45) is 9.06. The summed E-state index contributed by atoms with van der Waals surface area (Å²) in [5.41, 5.74) is 0.0628. The molecular weight excluding hydrogens is 206 g/mol. The van der Waals surface area contributed by atoms with Crippen LogP contribution >= 0.6 is 11.8 Å². The first-order valence-electron chi connectivity index (χ1n) is 6.31. The van der Waals surface area contributed by atoms with E-state index in [4.69, 9.17) is 0 Å². The molecule has 2 fully saturated rings. The second-order valence-corrected chi connectivity index (χ2v) is 6.25. The van der Waals surface area contributed by atoms with Gasteiger partial charge in [0.2, 0.25) is 0 Å². The number of hydrogen-bond donors (Lipinski definition) is 2. The van der Waals surface area contributed by atoms with Crippen LogP contribution in [-0.2, 0) is 0 Å². The maximum absolute atomic E-state index is 9.60. The van der Waals surface area contributed by atoms with Crippen LogP contribution in [-0.4, -0.2) is 34.8 Å². The van der Waals surface area contributed by atoms with Gasteiger partial charge in [0.15, 0.2) is 0 Å². The first-order valence-corrected chi connectivity index (χ1v) is 7.46. The van der Waals surface area contributed by atoms with Gasteiger partial charge in [-0.15, -0.1) is 0 Å². The molecular formula is C12H23NOS. The molecule has 0 atom stereocenters. The van der Waals surface area contributed by atoms with Crippen LogP contribution in [0.1, 0.15) is 44.9 Å². The van der Waals surface area contributed by atoms with E-state index in [1.807, 2.05) is 11.8 Å². The molecule has 88 valence electrons. The van der Waals surface area contributed by atoms with Gasteiger partial charge >= 0.3 is 0 Å². The topological polar surface area (TPSA) is 32.3 Å². The fraction of sp³-hybridized carbons (Fsp3) is 1.00. The second-order valence-electron chi connectivity index (χ2n) is 5.03. The number of thioether (sulfide) groups is 1. The minimum absolute atomic E-state index is 0.0628. The van der Waals surface area contributed by atoms with Crippen molar-refractivity contribution in [1.29, 1.82) is 0 Å². The lowest BCUT2D eigenvalue weighted by Gasteiger charge is -2.40. The van der Waals surface area contributed by atoms with E-state index in [9.17, 15) is 5.11 Å². The highest BCUT2D eigenvalue weighted by atomic mass is 32.2. The van der Waals surface area contributed by atoms with Gasteiger partial charge in [0, 0.05) is 11.6 Å². The van der Waals surface area contributed by atoms with E-state index >= 15 is 0 Å². The molecule has 1 heterocycles. The molecule has 0 radical (unpaired) electrons. The molecule has 0 bridgehead atoms. The van der Waals surface area contributed by atoms with E-state index in [1.165, 1.54) is 43.6 Å². The van der Waals surface area contributed by atoms with Gasteiger partial charge in [0.05, 0.1) is 6.61 Å². The molecule has 0 aromatic rings. The summed E-state index contributed by atoms with van der Waals surface area (Å²) in [5, 5.41) is 13.4. The molecule has 3 heteroatoms. The third kappa shape index (κ3) is 3.11. The first kappa shape index (κ1) is 11.7. The molecule has 15 heavy (non-hydrogen) atoms. The fourth-order valence-electron chi connectivity index (χ4n) is 2.79. The maximum atomic E-state index is 9.60. The maximum Gasteiger partial charge on any atom is 0.0614 e. The quantitative estimate of drug-likeness (QED) is 0.778. The summed E-state index contributed by atoms with van der Waals surface area (Å²) < 4.78 is 0. The molecule has 0 aromatic heterocycles. The largest absolute Gasteiger partial charge is 0.394 e. The fourth-order valence-corrected chi connectivity index (χ4v) is 4.06. The molecule has 0 amide bonds. The Bertz CT molecular complexity index is 186. The monoisotopic (exact) mass is 229 g/mol. The van der Waals surface area contributed by atoms with Gasteiger partial charge in [-0.05, 0) is 37.2 Å². The molecule has 1 saturated heterocycles. The highest BCUT2D eigenvalue weighted by molar-refractivity contribution is 7.99. The minimum Gasteiger partial charge on any atom is -0.394 e. The van der Waals surface area contributed by atoms with Gasteiger partial charge in [-0.2, -0.15) is 11.8 Å². The molecule has 0 unspecified atom stereocenters. The van der Waals surface area contributed by atoms with E-state index in [1.54, 1.807) is 0 Å². The van der Waals surface area contributed by atoms with Gasteiger partial charge in [-0.1, -0.05) is 19.3 Å². The second kappa shape index (κ2) is 5.55. The summed E-state index contributed by atoms with van der Waals surface area (Å²) >= 11 is 2.02. The van der Waals surface area contributed by atoms with Crippen molar-refractivity contribution in [1.82, 2.24) is 5.32 Å². The molecule has 1 aliphatic carbocycles. The third-order valence-electron chi connectivity index (χ3n) is 3.87. The van der Waals surface area contributed by atoms with Crippen LogP contribution in [0.3, 0.4) is 0 Å². The Kier molecular flexibility index (Phi) is 4.35.